The molecule has 2 aromatic rings. The van der Waals surface area contributed by atoms with E-state index in [-0.39, 0.29) is 11.8 Å². The summed E-state index contributed by atoms with van der Waals surface area (Å²) >= 11 is 0. The lowest BCUT2D eigenvalue weighted by Crippen LogP contribution is -2.47. The molecule has 0 radical (unpaired) electrons. The largest absolute Gasteiger partial charge is 0.508 e. The van der Waals surface area contributed by atoms with Crippen molar-refractivity contribution in [2.24, 2.45) is 0 Å². The summed E-state index contributed by atoms with van der Waals surface area (Å²) in [6.07, 6.45) is -3.77. The van der Waals surface area contributed by atoms with Gasteiger partial charge in [-0.2, -0.15) is 13.2 Å². The number of phenolic OH excluding ortho intramolecular Hbond substituents is 1. The first-order valence-corrected chi connectivity index (χ1v) is 8.95. The van der Waals surface area contributed by atoms with Crippen LogP contribution in [0.4, 0.5) is 13.2 Å². The molecule has 1 heterocycles. The molecule has 5 heteroatoms. The number of phenols is 1. The third kappa shape index (κ3) is 4.58. The van der Waals surface area contributed by atoms with Crippen LogP contribution in [-0.2, 0) is 6.42 Å². The number of aromatic hydroxyl groups is 1. The average molecular weight is 365 g/mol. The highest BCUT2D eigenvalue weighted by Crippen LogP contribution is 2.40. The van der Waals surface area contributed by atoms with Gasteiger partial charge in [0, 0.05) is 6.04 Å². The number of rotatable bonds is 2. The standard InChI is InChI=1S/C19H20F3NO.C2H6/c1-12-3-5-14(6-4-12)18-17-8-7-16(24)10-15(17)9-13(2)23(18)11-19(20,21)22;1-2/h3-8,10,13,18,24H,9,11H2,1-2H3;1-2H3. The van der Waals surface area contributed by atoms with Crippen LogP contribution in [0.3, 0.4) is 0 Å². The van der Waals surface area contributed by atoms with Gasteiger partial charge in [-0.25, -0.2) is 0 Å². The van der Waals surface area contributed by atoms with Crippen molar-refractivity contribution in [1.82, 2.24) is 4.90 Å². The summed E-state index contributed by atoms with van der Waals surface area (Å²) in [5.74, 6) is 0.146. The Morgan fingerprint density at radius 2 is 1.69 bits per heavy atom. The number of hydrogen-bond acceptors (Lipinski definition) is 2. The van der Waals surface area contributed by atoms with Gasteiger partial charge in [0.25, 0.3) is 0 Å². The first-order chi connectivity index (χ1) is 12.2. The molecule has 1 aliphatic rings. The fraction of sp³-hybridized carbons (Fsp3) is 0.429. The molecule has 1 aliphatic heterocycles. The SMILES string of the molecule is CC.Cc1ccc(C2c3ccc(O)cc3CC(C)N2CC(F)(F)F)cc1. The van der Waals surface area contributed by atoms with Crippen molar-refractivity contribution in [1.29, 1.82) is 0 Å². The van der Waals surface area contributed by atoms with Crippen LogP contribution in [0.15, 0.2) is 42.5 Å². The maximum atomic E-state index is 13.1. The summed E-state index contributed by atoms with van der Waals surface area (Å²) in [6, 6.07) is 11.8. The lowest BCUT2D eigenvalue weighted by Gasteiger charge is -2.42. The molecule has 1 N–H and O–H groups in total. The van der Waals surface area contributed by atoms with Crippen molar-refractivity contribution >= 4 is 0 Å². The molecule has 0 saturated heterocycles. The maximum Gasteiger partial charge on any atom is 0.401 e. The molecule has 0 spiro atoms. The van der Waals surface area contributed by atoms with E-state index in [1.807, 2.05) is 45.0 Å². The Morgan fingerprint density at radius 3 is 2.27 bits per heavy atom. The lowest BCUT2D eigenvalue weighted by molar-refractivity contribution is -0.155. The number of alkyl halides is 3. The summed E-state index contributed by atoms with van der Waals surface area (Å²) in [5.41, 5.74) is 3.64. The van der Waals surface area contributed by atoms with Crippen molar-refractivity contribution in [3.63, 3.8) is 0 Å². The normalized spacial score (nSPS) is 20.1. The van der Waals surface area contributed by atoms with Gasteiger partial charge in [-0.05, 0) is 49.1 Å². The van der Waals surface area contributed by atoms with Gasteiger partial charge in [-0.15, -0.1) is 0 Å². The van der Waals surface area contributed by atoms with Crippen LogP contribution in [0.1, 0.15) is 49.1 Å². The lowest BCUT2D eigenvalue weighted by atomic mass is 9.84. The predicted molar refractivity (Wildman–Crippen MR) is 98.4 cm³/mol. The Morgan fingerprint density at radius 1 is 1.08 bits per heavy atom. The Hall–Kier alpha value is -2.01. The van der Waals surface area contributed by atoms with Gasteiger partial charge in [0.2, 0.25) is 0 Å². The molecule has 2 nitrogen and oxygen atoms in total. The second kappa shape index (κ2) is 8.12. The van der Waals surface area contributed by atoms with E-state index >= 15 is 0 Å². The van der Waals surface area contributed by atoms with Crippen molar-refractivity contribution < 1.29 is 18.3 Å². The third-order valence-corrected chi connectivity index (χ3v) is 4.59. The van der Waals surface area contributed by atoms with E-state index in [4.69, 9.17) is 0 Å². The van der Waals surface area contributed by atoms with Crippen LogP contribution in [0, 0.1) is 6.92 Å². The molecule has 0 fully saturated rings. The molecule has 26 heavy (non-hydrogen) atoms. The molecule has 0 aliphatic carbocycles. The van der Waals surface area contributed by atoms with Gasteiger partial charge in [-0.1, -0.05) is 49.7 Å². The molecule has 0 bridgehead atoms. The summed E-state index contributed by atoms with van der Waals surface area (Å²) in [5, 5.41) is 9.73. The van der Waals surface area contributed by atoms with Gasteiger partial charge < -0.3 is 5.11 Å². The average Bonchev–Trinajstić information content (AvgIpc) is 2.57. The zero-order valence-corrected chi connectivity index (χ0v) is 15.6. The first-order valence-electron chi connectivity index (χ1n) is 8.95. The molecule has 2 unspecified atom stereocenters. The first kappa shape index (κ1) is 20.3. The highest BCUT2D eigenvalue weighted by molar-refractivity contribution is 5.44. The summed E-state index contributed by atoms with van der Waals surface area (Å²) in [4.78, 5) is 1.50. The Bertz CT molecular complexity index is 725. The number of fused-ring (bicyclic) bond motifs is 1. The van der Waals surface area contributed by atoms with Gasteiger partial charge in [0.1, 0.15) is 5.75 Å². The second-order valence-electron chi connectivity index (χ2n) is 6.54. The van der Waals surface area contributed by atoms with E-state index in [2.05, 4.69) is 0 Å². The number of benzene rings is 2. The molecular weight excluding hydrogens is 339 g/mol. The highest BCUT2D eigenvalue weighted by Gasteiger charge is 2.40. The number of nitrogens with zero attached hydrogens (tertiary/aromatic N) is 1. The van der Waals surface area contributed by atoms with Crippen LogP contribution in [-0.4, -0.2) is 28.8 Å². The molecule has 2 atom stereocenters. The summed E-state index contributed by atoms with van der Waals surface area (Å²) in [7, 11) is 0. The van der Waals surface area contributed by atoms with Crippen LogP contribution in [0.25, 0.3) is 0 Å². The van der Waals surface area contributed by atoms with Crippen molar-refractivity contribution in [3.8, 4) is 5.75 Å². The van der Waals surface area contributed by atoms with E-state index in [0.717, 1.165) is 22.3 Å². The van der Waals surface area contributed by atoms with Crippen LogP contribution in [0.2, 0.25) is 0 Å². The summed E-state index contributed by atoms with van der Waals surface area (Å²) < 4.78 is 39.4. The summed E-state index contributed by atoms with van der Waals surface area (Å²) in [6.45, 7) is 6.81. The minimum absolute atomic E-state index is 0.146. The Balaban J connectivity index is 0.00000117. The van der Waals surface area contributed by atoms with E-state index in [1.165, 1.54) is 4.90 Å². The predicted octanol–water partition coefficient (Wildman–Crippen LogP) is 5.63. The van der Waals surface area contributed by atoms with E-state index in [9.17, 15) is 18.3 Å². The fourth-order valence-electron chi connectivity index (χ4n) is 3.48. The molecule has 0 amide bonds. The van der Waals surface area contributed by atoms with Crippen molar-refractivity contribution in [3.05, 3.63) is 64.7 Å². The fourth-order valence-corrected chi connectivity index (χ4v) is 3.48. The monoisotopic (exact) mass is 365 g/mol. The molecular formula is C21H26F3NO. The van der Waals surface area contributed by atoms with E-state index in [0.29, 0.717) is 6.42 Å². The van der Waals surface area contributed by atoms with E-state index < -0.39 is 18.8 Å². The van der Waals surface area contributed by atoms with Gasteiger partial charge in [0.15, 0.2) is 0 Å². The zero-order valence-electron chi connectivity index (χ0n) is 15.6. The highest BCUT2D eigenvalue weighted by atomic mass is 19.4. The van der Waals surface area contributed by atoms with Crippen molar-refractivity contribution in [2.45, 2.75) is 52.4 Å². The van der Waals surface area contributed by atoms with Crippen molar-refractivity contribution in [2.75, 3.05) is 6.54 Å². The molecule has 142 valence electrons. The second-order valence-corrected chi connectivity index (χ2v) is 6.54. The topological polar surface area (TPSA) is 23.5 Å². The molecule has 0 aromatic heterocycles. The minimum atomic E-state index is -4.26. The van der Waals surface area contributed by atoms with E-state index in [1.54, 1.807) is 25.1 Å². The van der Waals surface area contributed by atoms with Crippen LogP contribution in [0.5, 0.6) is 5.75 Å². The minimum Gasteiger partial charge on any atom is -0.508 e. The third-order valence-electron chi connectivity index (χ3n) is 4.59. The molecule has 0 saturated carbocycles. The molecule has 3 rings (SSSR count). The van der Waals surface area contributed by atoms with Crippen LogP contribution < -0.4 is 0 Å². The molecule has 2 aromatic carbocycles. The Kier molecular flexibility index (Phi) is 6.34. The van der Waals surface area contributed by atoms with Gasteiger partial charge in [-0.3, -0.25) is 4.90 Å². The van der Waals surface area contributed by atoms with Gasteiger partial charge in [0.05, 0.1) is 12.6 Å². The number of halogens is 3. The maximum absolute atomic E-state index is 13.1. The zero-order chi connectivity index (χ0) is 19.5. The smallest absolute Gasteiger partial charge is 0.401 e. The van der Waals surface area contributed by atoms with Gasteiger partial charge >= 0.3 is 6.18 Å². The van der Waals surface area contributed by atoms with Crippen LogP contribution >= 0.6 is 0 Å². The quantitative estimate of drug-likeness (QED) is 0.746. The number of aryl methyl sites for hydroxylation is 1. The Labute approximate surface area is 153 Å². The number of hydrogen-bond donors (Lipinski definition) is 1.